The molecule has 0 aromatic heterocycles. The second-order valence-corrected chi connectivity index (χ2v) is 11.8. The zero-order valence-corrected chi connectivity index (χ0v) is 15.0. The molecule has 0 radical (unpaired) electrons. The Morgan fingerprint density at radius 1 is 1.00 bits per heavy atom. The standard InChI is InChI=1S/C13H29O2PS2/c1-6-7-8-9-18-16(17,14-10-12(2)3)15-11-13(4)5/h12-13H,6-11H2,1-5H3. The Labute approximate surface area is 123 Å². The Morgan fingerprint density at radius 2 is 1.50 bits per heavy atom. The van der Waals surface area contributed by atoms with E-state index in [0.717, 1.165) is 5.75 Å². The molecule has 0 aliphatic rings. The van der Waals surface area contributed by atoms with E-state index in [1.807, 2.05) is 0 Å². The van der Waals surface area contributed by atoms with E-state index < -0.39 is 5.69 Å². The molecule has 18 heavy (non-hydrogen) atoms. The van der Waals surface area contributed by atoms with Crippen LogP contribution in [0.25, 0.3) is 0 Å². The summed E-state index contributed by atoms with van der Waals surface area (Å²) in [5.41, 5.74) is -2.12. The monoisotopic (exact) mass is 312 g/mol. The van der Waals surface area contributed by atoms with E-state index >= 15 is 0 Å². The maximum absolute atomic E-state index is 5.89. The van der Waals surface area contributed by atoms with Crippen molar-refractivity contribution in [2.75, 3.05) is 19.0 Å². The molecule has 0 spiro atoms. The minimum Gasteiger partial charge on any atom is -0.321 e. The molecule has 0 aromatic rings. The van der Waals surface area contributed by atoms with E-state index in [2.05, 4.69) is 34.6 Å². The Balaban J connectivity index is 4.16. The number of hydrogen-bond donors (Lipinski definition) is 0. The molecule has 0 N–H and O–H groups in total. The van der Waals surface area contributed by atoms with Crippen LogP contribution in [0.3, 0.4) is 0 Å². The molecule has 110 valence electrons. The lowest BCUT2D eigenvalue weighted by atomic mass is 10.2. The second kappa shape index (κ2) is 10.7. The van der Waals surface area contributed by atoms with Gasteiger partial charge in [0.15, 0.2) is 0 Å². The third-order valence-electron chi connectivity index (χ3n) is 2.13. The SMILES string of the molecule is CCCCCSP(=S)(OCC(C)C)OCC(C)C. The summed E-state index contributed by atoms with van der Waals surface area (Å²) in [6.45, 7) is 12.2. The quantitative estimate of drug-likeness (QED) is 0.371. The van der Waals surface area contributed by atoms with Crippen LogP contribution in [0.5, 0.6) is 0 Å². The van der Waals surface area contributed by atoms with Gasteiger partial charge in [-0.2, -0.15) is 0 Å². The molecule has 2 nitrogen and oxygen atoms in total. The lowest BCUT2D eigenvalue weighted by molar-refractivity contribution is 0.218. The number of rotatable bonds is 11. The van der Waals surface area contributed by atoms with Gasteiger partial charge in [-0.3, -0.25) is 0 Å². The average Bonchev–Trinajstić information content (AvgIpc) is 2.30. The van der Waals surface area contributed by atoms with E-state index in [-0.39, 0.29) is 0 Å². The molecule has 0 aliphatic heterocycles. The van der Waals surface area contributed by atoms with Crippen LogP contribution < -0.4 is 0 Å². The lowest BCUT2D eigenvalue weighted by Crippen LogP contribution is -2.05. The Kier molecular flexibility index (Phi) is 11.2. The van der Waals surface area contributed by atoms with Crippen molar-refractivity contribution in [1.29, 1.82) is 0 Å². The average molecular weight is 312 g/mol. The predicted octanol–water partition coefficient (Wildman–Crippen LogP) is 5.48. The Bertz CT molecular complexity index is 229. The van der Waals surface area contributed by atoms with E-state index in [9.17, 15) is 0 Å². The summed E-state index contributed by atoms with van der Waals surface area (Å²) in [4.78, 5) is 0. The summed E-state index contributed by atoms with van der Waals surface area (Å²) >= 11 is 7.35. The van der Waals surface area contributed by atoms with Crippen molar-refractivity contribution in [1.82, 2.24) is 0 Å². The fourth-order valence-electron chi connectivity index (χ4n) is 1.12. The molecule has 0 aliphatic carbocycles. The van der Waals surface area contributed by atoms with Gasteiger partial charge < -0.3 is 9.05 Å². The van der Waals surface area contributed by atoms with Gasteiger partial charge in [-0.05, 0) is 30.1 Å². The summed E-state index contributed by atoms with van der Waals surface area (Å²) in [5, 5.41) is 0. The van der Waals surface area contributed by atoms with E-state index in [1.165, 1.54) is 19.3 Å². The van der Waals surface area contributed by atoms with Crippen molar-refractivity contribution in [2.24, 2.45) is 11.8 Å². The molecule has 0 fully saturated rings. The topological polar surface area (TPSA) is 18.5 Å². The van der Waals surface area contributed by atoms with Gasteiger partial charge in [0, 0.05) is 5.75 Å². The van der Waals surface area contributed by atoms with Crippen LogP contribution in [0.1, 0.15) is 53.9 Å². The molecule has 0 amide bonds. The van der Waals surface area contributed by atoms with Gasteiger partial charge in [0.2, 0.25) is 5.69 Å². The van der Waals surface area contributed by atoms with Crippen molar-refractivity contribution in [3.8, 4) is 0 Å². The molecule has 0 saturated carbocycles. The van der Waals surface area contributed by atoms with Gasteiger partial charge in [-0.1, -0.05) is 58.8 Å². The van der Waals surface area contributed by atoms with E-state index in [4.69, 9.17) is 20.9 Å². The van der Waals surface area contributed by atoms with Crippen molar-refractivity contribution in [3.63, 3.8) is 0 Å². The summed E-state index contributed by atoms with van der Waals surface area (Å²) in [7, 11) is 0. The number of unbranched alkanes of at least 4 members (excludes halogenated alkanes) is 2. The first-order chi connectivity index (χ1) is 8.39. The molecule has 0 rings (SSSR count). The first-order valence-electron chi connectivity index (χ1n) is 6.93. The largest absolute Gasteiger partial charge is 0.321 e. The van der Waals surface area contributed by atoms with Gasteiger partial charge in [-0.25, -0.2) is 0 Å². The Morgan fingerprint density at radius 3 is 1.89 bits per heavy atom. The first kappa shape index (κ1) is 18.9. The molecular weight excluding hydrogens is 283 g/mol. The molecular formula is C13H29O2PS2. The predicted molar refractivity (Wildman–Crippen MR) is 87.8 cm³/mol. The zero-order valence-electron chi connectivity index (χ0n) is 12.5. The van der Waals surface area contributed by atoms with Crippen molar-refractivity contribution in [2.45, 2.75) is 53.9 Å². The smallest absolute Gasteiger partial charge is 0.247 e. The molecule has 0 atom stereocenters. The minimum absolute atomic E-state index is 0.506. The first-order valence-corrected chi connectivity index (χ1v) is 11.2. The summed E-state index contributed by atoms with van der Waals surface area (Å²) in [6.07, 6.45) is 3.70. The molecule has 0 saturated heterocycles. The van der Waals surface area contributed by atoms with E-state index in [1.54, 1.807) is 11.4 Å². The molecule has 0 aromatic carbocycles. The van der Waals surface area contributed by atoms with Gasteiger partial charge in [0.05, 0.1) is 13.2 Å². The van der Waals surface area contributed by atoms with E-state index in [0.29, 0.717) is 25.0 Å². The van der Waals surface area contributed by atoms with Gasteiger partial charge >= 0.3 is 0 Å². The maximum atomic E-state index is 5.89. The fourth-order valence-corrected chi connectivity index (χ4v) is 5.77. The summed E-state index contributed by atoms with van der Waals surface area (Å²) in [5.74, 6) is 2.07. The van der Waals surface area contributed by atoms with Crippen LogP contribution in [-0.4, -0.2) is 19.0 Å². The van der Waals surface area contributed by atoms with Gasteiger partial charge in [0.25, 0.3) is 0 Å². The molecule has 5 heteroatoms. The van der Waals surface area contributed by atoms with Crippen molar-refractivity contribution >= 4 is 28.9 Å². The van der Waals surface area contributed by atoms with Crippen molar-refractivity contribution in [3.05, 3.63) is 0 Å². The Hall–Kier alpha value is 0.920. The van der Waals surface area contributed by atoms with Crippen LogP contribution in [0, 0.1) is 11.8 Å². The van der Waals surface area contributed by atoms with Crippen LogP contribution >= 0.6 is 17.1 Å². The number of hydrogen-bond acceptors (Lipinski definition) is 4. The third-order valence-corrected chi connectivity index (χ3v) is 7.56. The highest BCUT2D eigenvalue weighted by molar-refractivity contribution is 8.67. The summed E-state index contributed by atoms with van der Waals surface area (Å²) < 4.78 is 11.8. The summed E-state index contributed by atoms with van der Waals surface area (Å²) in [6, 6.07) is 0. The van der Waals surface area contributed by atoms with Crippen LogP contribution in [0.2, 0.25) is 0 Å². The molecule has 0 heterocycles. The van der Waals surface area contributed by atoms with Crippen molar-refractivity contribution < 1.29 is 9.05 Å². The zero-order chi connectivity index (χ0) is 14.0. The van der Waals surface area contributed by atoms with Gasteiger partial charge in [-0.15, -0.1) is 0 Å². The fraction of sp³-hybridized carbons (Fsp3) is 1.00. The highest BCUT2D eigenvalue weighted by atomic mass is 32.9. The van der Waals surface area contributed by atoms with Crippen LogP contribution in [0.4, 0.5) is 0 Å². The second-order valence-electron chi connectivity index (χ2n) is 5.37. The van der Waals surface area contributed by atoms with Crippen LogP contribution in [0.15, 0.2) is 0 Å². The molecule has 0 bridgehead atoms. The molecule has 0 unspecified atom stereocenters. The maximum Gasteiger partial charge on any atom is 0.247 e. The minimum atomic E-state index is -2.12. The normalized spacial score (nSPS) is 12.6. The lowest BCUT2D eigenvalue weighted by Gasteiger charge is -2.23. The highest BCUT2D eigenvalue weighted by Crippen LogP contribution is 2.61. The van der Waals surface area contributed by atoms with Gasteiger partial charge in [0.1, 0.15) is 0 Å². The van der Waals surface area contributed by atoms with Crippen LogP contribution in [-0.2, 0) is 20.9 Å². The highest BCUT2D eigenvalue weighted by Gasteiger charge is 2.20. The third kappa shape index (κ3) is 10.8.